The smallest absolute Gasteiger partial charge is 0.305 e. The molecule has 0 amide bonds. The zero-order valence-electron chi connectivity index (χ0n) is 11.6. The van der Waals surface area contributed by atoms with Crippen LogP contribution in [0, 0.1) is 0 Å². The van der Waals surface area contributed by atoms with E-state index in [2.05, 4.69) is 18.7 Å². The summed E-state index contributed by atoms with van der Waals surface area (Å²) in [6, 6.07) is 8.04. The van der Waals surface area contributed by atoms with Gasteiger partial charge in [0.2, 0.25) is 0 Å². The van der Waals surface area contributed by atoms with Crippen LogP contribution in [0.15, 0.2) is 36.9 Å². The van der Waals surface area contributed by atoms with Crippen LogP contribution >= 0.6 is 0 Å². The Morgan fingerprint density at radius 3 is 2.63 bits per heavy atom. The molecular formula is C16H22O3. The highest BCUT2D eigenvalue weighted by Gasteiger charge is 2.01. The van der Waals surface area contributed by atoms with Crippen LogP contribution < -0.4 is 4.74 Å². The van der Waals surface area contributed by atoms with Gasteiger partial charge >= 0.3 is 5.97 Å². The summed E-state index contributed by atoms with van der Waals surface area (Å²) in [4.78, 5) is 11.2. The van der Waals surface area contributed by atoms with E-state index < -0.39 is 0 Å². The lowest BCUT2D eigenvalue weighted by atomic mass is 10.1. The van der Waals surface area contributed by atoms with Crippen LogP contribution in [-0.2, 0) is 16.0 Å². The van der Waals surface area contributed by atoms with E-state index in [1.54, 1.807) is 6.08 Å². The van der Waals surface area contributed by atoms with Crippen molar-refractivity contribution in [3.05, 3.63) is 42.5 Å². The number of ether oxygens (including phenoxy) is 2. The van der Waals surface area contributed by atoms with Crippen molar-refractivity contribution in [1.82, 2.24) is 0 Å². The minimum atomic E-state index is -0.101. The number of aryl methyl sites for hydroxylation is 1. The van der Waals surface area contributed by atoms with E-state index in [9.17, 15) is 4.79 Å². The second-order valence-electron chi connectivity index (χ2n) is 4.26. The van der Waals surface area contributed by atoms with Crippen molar-refractivity contribution in [3.63, 3.8) is 0 Å². The van der Waals surface area contributed by atoms with Crippen LogP contribution in [-0.4, -0.2) is 19.2 Å². The molecular weight excluding hydrogens is 240 g/mol. The van der Waals surface area contributed by atoms with E-state index in [0.29, 0.717) is 19.6 Å². The molecule has 1 rings (SSSR count). The lowest BCUT2D eigenvalue weighted by molar-refractivity contribution is -0.143. The Morgan fingerprint density at radius 2 is 2.00 bits per heavy atom. The van der Waals surface area contributed by atoms with Gasteiger partial charge in [-0.05, 0) is 43.9 Å². The Bertz CT molecular complexity index is 381. The topological polar surface area (TPSA) is 35.5 Å². The molecule has 3 nitrogen and oxygen atoms in total. The normalized spacial score (nSPS) is 9.95. The minimum absolute atomic E-state index is 0.101. The van der Waals surface area contributed by atoms with Gasteiger partial charge in [-0.3, -0.25) is 4.79 Å². The van der Waals surface area contributed by atoms with Gasteiger partial charge in [-0.1, -0.05) is 24.8 Å². The molecule has 0 saturated heterocycles. The third-order valence-electron chi connectivity index (χ3n) is 2.69. The molecule has 104 valence electrons. The summed E-state index contributed by atoms with van der Waals surface area (Å²) in [5.74, 6) is 0.755. The van der Waals surface area contributed by atoms with Gasteiger partial charge < -0.3 is 9.47 Å². The molecule has 0 unspecified atom stereocenters. The molecule has 0 aliphatic heterocycles. The summed E-state index contributed by atoms with van der Waals surface area (Å²) in [5, 5.41) is 0. The molecule has 3 heteroatoms. The highest BCUT2D eigenvalue weighted by molar-refractivity contribution is 5.69. The fourth-order valence-corrected chi connectivity index (χ4v) is 1.74. The number of rotatable bonds is 9. The number of unbranched alkanes of at least 4 members (excludes halogenated alkanes) is 1. The molecule has 1 aromatic carbocycles. The van der Waals surface area contributed by atoms with Gasteiger partial charge in [0.05, 0.1) is 6.61 Å². The molecule has 0 saturated carbocycles. The van der Waals surface area contributed by atoms with Gasteiger partial charge in [-0.2, -0.15) is 0 Å². The van der Waals surface area contributed by atoms with E-state index >= 15 is 0 Å². The van der Waals surface area contributed by atoms with Crippen LogP contribution in [0.3, 0.4) is 0 Å². The summed E-state index contributed by atoms with van der Waals surface area (Å²) < 4.78 is 10.3. The van der Waals surface area contributed by atoms with Crippen molar-refractivity contribution in [2.75, 3.05) is 13.2 Å². The Labute approximate surface area is 115 Å². The minimum Gasteiger partial charge on any atom is -0.490 e. The molecule has 0 aliphatic carbocycles. The van der Waals surface area contributed by atoms with E-state index in [4.69, 9.17) is 9.47 Å². The number of carbonyl (C=O) groups is 1. The molecule has 0 atom stereocenters. The first-order chi connectivity index (χ1) is 9.26. The first kappa shape index (κ1) is 15.3. The molecule has 0 aromatic heterocycles. The standard InChI is InChI=1S/C16H22O3/c1-3-13-19-15-11-9-14(10-12-15)7-5-6-8-16(17)18-4-2/h3,9-12H,1,4-8,13H2,2H3. The summed E-state index contributed by atoms with van der Waals surface area (Å²) in [6.07, 6.45) is 5.07. The Morgan fingerprint density at radius 1 is 1.26 bits per heavy atom. The second kappa shape index (κ2) is 9.20. The SMILES string of the molecule is C=CCOc1ccc(CCCCC(=O)OCC)cc1. The predicted octanol–water partition coefficient (Wildman–Crippen LogP) is 3.53. The van der Waals surface area contributed by atoms with Crippen LogP contribution in [0.4, 0.5) is 0 Å². The van der Waals surface area contributed by atoms with Gasteiger partial charge in [0, 0.05) is 6.42 Å². The Kier molecular flexibility index (Phi) is 7.40. The van der Waals surface area contributed by atoms with Crippen LogP contribution in [0.1, 0.15) is 31.7 Å². The maximum atomic E-state index is 11.2. The monoisotopic (exact) mass is 262 g/mol. The highest BCUT2D eigenvalue weighted by atomic mass is 16.5. The number of benzene rings is 1. The zero-order chi connectivity index (χ0) is 13.9. The maximum Gasteiger partial charge on any atom is 0.305 e. The molecule has 0 fully saturated rings. The Balaban J connectivity index is 2.22. The molecule has 0 bridgehead atoms. The summed E-state index contributed by atoms with van der Waals surface area (Å²) in [7, 11) is 0. The highest BCUT2D eigenvalue weighted by Crippen LogP contribution is 2.14. The molecule has 0 heterocycles. The number of hydrogen-bond acceptors (Lipinski definition) is 3. The van der Waals surface area contributed by atoms with Gasteiger partial charge in [-0.25, -0.2) is 0 Å². The van der Waals surface area contributed by atoms with Crippen molar-refractivity contribution in [2.45, 2.75) is 32.6 Å². The fraction of sp³-hybridized carbons (Fsp3) is 0.438. The number of carbonyl (C=O) groups excluding carboxylic acids is 1. The molecule has 0 aliphatic rings. The third-order valence-corrected chi connectivity index (χ3v) is 2.69. The van der Waals surface area contributed by atoms with Gasteiger partial charge in [-0.15, -0.1) is 0 Å². The quantitative estimate of drug-likeness (QED) is 0.388. The first-order valence-corrected chi connectivity index (χ1v) is 6.74. The summed E-state index contributed by atoms with van der Waals surface area (Å²) in [5.41, 5.74) is 1.26. The maximum absolute atomic E-state index is 11.2. The van der Waals surface area contributed by atoms with Crippen molar-refractivity contribution in [2.24, 2.45) is 0 Å². The van der Waals surface area contributed by atoms with Gasteiger partial charge in [0.25, 0.3) is 0 Å². The van der Waals surface area contributed by atoms with Gasteiger partial charge in [0.1, 0.15) is 12.4 Å². The third kappa shape index (κ3) is 6.65. The first-order valence-electron chi connectivity index (χ1n) is 6.74. The molecule has 0 spiro atoms. The number of esters is 1. The average Bonchev–Trinajstić information content (AvgIpc) is 2.43. The molecule has 0 N–H and O–H groups in total. The molecule has 0 radical (unpaired) electrons. The van der Waals surface area contributed by atoms with Crippen LogP contribution in [0.2, 0.25) is 0 Å². The number of hydrogen-bond donors (Lipinski definition) is 0. The van der Waals surface area contributed by atoms with E-state index in [1.165, 1.54) is 5.56 Å². The van der Waals surface area contributed by atoms with E-state index in [1.807, 2.05) is 19.1 Å². The Hall–Kier alpha value is -1.77. The second-order valence-corrected chi connectivity index (χ2v) is 4.26. The van der Waals surface area contributed by atoms with Crippen LogP contribution in [0.5, 0.6) is 5.75 Å². The van der Waals surface area contributed by atoms with E-state index in [-0.39, 0.29) is 5.97 Å². The summed E-state index contributed by atoms with van der Waals surface area (Å²) in [6.45, 7) is 6.43. The van der Waals surface area contributed by atoms with Crippen molar-refractivity contribution < 1.29 is 14.3 Å². The van der Waals surface area contributed by atoms with Crippen molar-refractivity contribution >= 4 is 5.97 Å². The predicted molar refractivity (Wildman–Crippen MR) is 76.3 cm³/mol. The lowest BCUT2D eigenvalue weighted by Crippen LogP contribution is -2.03. The van der Waals surface area contributed by atoms with Gasteiger partial charge in [0.15, 0.2) is 0 Å². The van der Waals surface area contributed by atoms with Crippen molar-refractivity contribution in [1.29, 1.82) is 0 Å². The molecule has 1 aromatic rings. The fourth-order valence-electron chi connectivity index (χ4n) is 1.74. The van der Waals surface area contributed by atoms with Crippen molar-refractivity contribution in [3.8, 4) is 5.75 Å². The summed E-state index contributed by atoms with van der Waals surface area (Å²) >= 11 is 0. The molecule has 19 heavy (non-hydrogen) atoms. The largest absolute Gasteiger partial charge is 0.490 e. The van der Waals surface area contributed by atoms with Crippen LogP contribution in [0.25, 0.3) is 0 Å². The van der Waals surface area contributed by atoms with E-state index in [0.717, 1.165) is 25.0 Å². The lowest BCUT2D eigenvalue weighted by Gasteiger charge is -2.05. The zero-order valence-corrected chi connectivity index (χ0v) is 11.6. The average molecular weight is 262 g/mol.